The van der Waals surface area contributed by atoms with Crippen molar-refractivity contribution in [3.05, 3.63) is 92.0 Å². The molecule has 0 saturated carbocycles. The predicted molar refractivity (Wildman–Crippen MR) is 112 cm³/mol. The first kappa shape index (κ1) is 21.2. The lowest BCUT2D eigenvalue weighted by Gasteiger charge is -2.13. The molecule has 0 unspecified atom stereocenters. The second kappa shape index (κ2) is 8.86. The van der Waals surface area contributed by atoms with Gasteiger partial charge in [-0.05, 0) is 36.6 Å². The van der Waals surface area contributed by atoms with E-state index in [1.807, 2.05) is 39.0 Å². The predicted octanol–water partition coefficient (Wildman–Crippen LogP) is 2.28. The summed E-state index contributed by atoms with van der Waals surface area (Å²) in [7, 11) is 0. The highest BCUT2D eigenvalue weighted by atomic mass is 19.1. The van der Waals surface area contributed by atoms with Crippen LogP contribution in [-0.4, -0.2) is 26.8 Å². The van der Waals surface area contributed by atoms with Gasteiger partial charge in [-0.15, -0.1) is 0 Å². The molecular weight excluding hydrogens is 387 g/mol. The van der Waals surface area contributed by atoms with Crippen molar-refractivity contribution in [3.63, 3.8) is 0 Å². The fourth-order valence-corrected chi connectivity index (χ4v) is 2.95. The number of hydrogen-bond donors (Lipinski definition) is 1. The van der Waals surface area contributed by atoms with Gasteiger partial charge in [0.05, 0.1) is 12.2 Å². The Morgan fingerprint density at radius 1 is 1.13 bits per heavy atom. The molecule has 1 amide bonds. The Labute approximate surface area is 172 Å². The fraction of sp³-hybridized carbons (Fsp3) is 0.273. The van der Waals surface area contributed by atoms with Gasteiger partial charge in [-0.2, -0.15) is 9.78 Å². The van der Waals surface area contributed by atoms with Gasteiger partial charge in [0, 0.05) is 6.54 Å². The number of aromatic nitrogens is 3. The molecule has 1 heterocycles. The smallest absolute Gasteiger partial charge is 0.350 e. The number of carbonyl (C=O) groups is 1. The van der Waals surface area contributed by atoms with E-state index in [1.54, 1.807) is 6.07 Å². The zero-order chi connectivity index (χ0) is 21.8. The molecule has 0 aliphatic carbocycles. The van der Waals surface area contributed by atoms with Gasteiger partial charge in [-0.3, -0.25) is 14.2 Å². The Hall–Kier alpha value is -3.55. The summed E-state index contributed by atoms with van der Waals surface area (Å²) in [6, 6.07) is 12.6. The van der Waals surface area contributed by atoms with Crippen LogP contribution in [0.3, 0.4) is 0 Å². The number of hydrogen-bond acceptors (Lipinski definition) is 4. The molecule has 0 bridgehead atoms. The minimum absolute atomic E-state index is 0.0400. The second-order valence-electron chi connectivity index (χ2n) is 7.51. The summed E-state index contributed by atoms with van der Waals surface area (Å²) >= 11 is 0. The summed E-state index contributed by atoms with van der Waals surface area (Å²) in [6.45, 7) is 6.03. The maximum Gasteiger partial charge on any atom is 0.352 e. The molecule has 1 N–H and O–H groups in total. The van der Waals surface area contributed by atoms with E-state index >= 15 is 0 Å². The Morgan fingerprint density at radius 3 is 2.53 bits per heavy atom. The van der Waals surface area contributed by atoms with Crippen LogP contribution < -0.4 is 16.6 Å². The Morgan fingerprint density at radius 2 is 1.87 bits per heavy atom. The van der Waals surface area contributed by atoms with Crippen LogP contribution in [0.1, 0.15) is 35.5 Å². The third-order valence-corrected chi connectivity index (χ3v) is 4.42. The molecule has 30 heavy (non-hydrogen) atoms. The molecule has 7 nitrogen and oxygen atoms in total. The van der Waals surface area contributed by atoms with Crippen LogP contribution in [0, 0.1) is 18.7 Å². The van der Waals surface area contributed by atoms with Crippen molar-refractivity contribution in [1.29, 1.82) is 0 Å². The van der Waals surface area contributed by atoms with E-state index in [0.717, 1.165) is 26.4 Å². The third kappa shape index (κ3) is 4.71. The topological polar surface area (TPSA) is 86.0 Å². The first-order chi connectivity index (χ1) is 14.3. The van der Waals surface area contributed by atoms with Gasteiger partial charge in [0.25, 0.3) is 11.5 Å². The van der Waals surface area contributed by atoms with E-state index in [9.17, 15) is 18.8 Å². The van der Waals surface area contributed by atoms with Crippen molar-refractivity contribution in [1.82, 2.24) is 19.7 Å². The minimum Gasteiger partial charge on any atom is -0.350 e. The van der Waals surface area contributed by atoms with Crippen LogP contribution in [0.15, 0.2) is 58.1 Å². The number of nitrogens with zero attached hydrogens (tertiary/aromatic N) is 3. The maximum absolute atomic E-state index is 13.7. The molecule has 2 aromatic carbocycles. The molecule has 0 fully saturated rings. The van der Waals surface area contributed by atoms with Crippen LogP contribution in [-0.2, 0) is 6.54 Å². The molecule has 0 saturated heterocycles. The third-order valence-electron chi connectivity index (χ3n) is 4.42. The van der Waals surface area contributed by atoms with Gasteiger partial charge in [-0.1, -0.05) is 49.7 Å². The molecule has 3 aromatic rings. The lowest BCUT2D eigenvalue weighted by molar-refractivity contribution is 0.0939. The summed E-state index contributed by atoms with van der Waals surface area (Å²) in [5.41, 5.74) is -0.166. The summed E-state index contributed by atoms with van der Waals surface area (Å²) in [4.78, 5) is 38.6. The van der Waals surface area contributed by atoms with Crippen molar-refractivity contribution in [3.8, 4) is 5.69 Å². The number of halogens is 1. The minimum atomic E-state index is -0.796. The molecule has 0 aliphatic rings. The maximum atomic E-state index is 13.7. The molecular formula is C22H23FN4O3. The van der Waals surface area contributed by atoms with Crippen LogP contribution in [0.5, 0.6) is 0 Å². The number of rotatable bonds is 6. The van der Waals surface area contributed by atoms with Gasteiger partial charge in [-0.25, -0.2) is 9.18 Å². The molecule has 0 spiro atoms. The standard InChI is InChI=1S/C22H23FN4O3/c1-14(2)12-24-20(28)19-21(29)26(13-16-7-4-6-15(3)10-16)22(30)27(25-19)18-9-5-8-17(23)11-18/h4-11,14H,12-13H2,1-3H3,(H,24,28). The van der Waals surface area contributed by atoms with E-state index in [2.05, 4.69) is 10.4 Å². The molecule has 0 aliphatic heterocycles. The molecule has 0 atom stereocenters. The van der Waals surface area contributed by atoms with E-state index in [0.29, 0.717) is 6.54 Å². The summed E-state index contributed by atoms with van der Waals surface area (Å²) in [5.74, 6) is -1.09. The van der Waals surface area contributed by atoms with Gasteiger partial charge >= 0.3 is 5.69 Å². The first-order valence-electron chi connectivity index (χ1n) is 9.60. The van der Waals surface area contributed by atoms with Crippen molar-refractivity contribution >= 4 is 5.91 Å². The van der Waals surface area contributed by atoms with Gasteiger partial charge in [0.1, 0.15) is 5.82 Å². The zero-order valence-corrected chi connectivity index (χ0v) is 17.1. The Kier molecular flexibility index (Phi) is 6.25. The average Bonchev–Trinajstić information content (AvgIpc) is 2.69. The first-order valence-corrected chi connectivity index (χ1v) is 9.60. The van der Waals surface area contributed by atoms with Crippen LogP contribution >= 0.6 is 0 Å². The summed E-state index contributed by atoms with van der Waals surface area (Å²) in [5, 5.41) is 6.62. The molecule has 3 rings (SSSR count). The van der Waals surface area contributed by atoms with Gasteiger partial charge < -0.3 is 5.32 Å². The van der Waals surface area contributed by atoms with Crippen molar-refractivity contribution < 1.29 is 9.18 Å². The number of nitrogens with one attached hydrogen (secondary N) is 1. The molecule has 1 aromatic heterocycles. The number of benzene rings is 2. The van der Waals surface area contributed by atoms with Crippen LogP contribution in [0.25, 0.3) is 5.69 Å². The Balaban J connectivity index is 2.17. The monoisotopic (exact) mass is 410 g/mol. The number of amides is 1. The SMILES string of the molecule is Cc1cccc(Cn2c(=O)c(C(=O)NCC(C)C)nn(-c3cccc(F)c3)c2=O)c1. The van der Waals surface area contributed by atoms with Crippen molar-refractivity contribution in [2.75, 3.05) is 6.54 Å². The summed E-state index contributed by atoms with van der Waals surface area (Å²) in [6.07, 6.45) is 0. The van der Waals surface area contributed by atoms with Gasteiger partial charge in [0.2, 0.25) is 5.69 Å². The van der Waals surface area contributed by atoms with Crippen LogP contribution in [0.2, 0.25) is 0 Å². The number of aryl methyl sites for hydroxylation is 1. The second-order valence-corrected chi connectivity index (χ2v) is 7.51. The zero-order valence-electron chi connectivity index (χ0n) is 17.1. The lowest BCUT2D eigenvalue weighted by Crippen LogP contribution is -2.46. The highest BCUT2D eigenvalue weighted by molar-refractivity contribution is 5.91. The normalized spacial score (nSPS) is 11.0. The lowest BCUT2D eigenvalue weighted by atomic mass is 10.1. The highest BCUT2D eigenvalue weighted by Gasteiger charge is 2.20. The van der Waals surface area contributed by atoms with Crippen LogP contribution in [0.4, 0.5) is 4.39 Å². The van der Waals surface area contributed by atoms with Crippen molar-refractivity contribution in [2.45, 2.75) is 27.3 Å². The molecule has 156 valence electrons. The Bertz CT molecular complexity index is 1200. The summed E-state index contributed by atoms with van der Waals surface area (Å²) < 4.78 is 15.6. The largest absolute Gasteiger partial charge is 0.352 e. The highest BCUT2D eigenvalue weighted by Crippen LogP contribution is 2.08. The van der Waals surface area contributed by atoms with Gasteiger partial charge in [0.15, 0.2) is 0 Å². The fourth-order valence-electron chi connectivity index (χ4n) is 2.95. The quantitative estimate of drug-likeness (QED) is 0.676. The molecule has 0 radical (unpaired) electrons. The van der Waals surface area contributed by atoms with E-state index < -0.39 is 28.7 Å². The van der Waals surface area contributed by atoms with E-state index in [4.69, 9.17) is 0 Å². The van der Waals surface area contributed by atoms with Crippen molar-refractivity contribution in [2.24, 2.45) is 5.92 Å². The van der Waals surface area contributed by atoms with E-state index in [-0.39, 0.29) is 18.2 Å². The average molecular weight is 410 g/mol. The molecule has 8 heteroatoms. The number of carbonyl (C=O) groups excluding carboxylic acids is 1. The van der Waals surface area contributed by atoms with E-state index in [1.165, 1.54) is 18.2 Å².